The molecule has 2 heterocycles. The van der Waals surface area contributed by atoms with Crippen LogP contribution in [0.5, 0.6) is 0 Å². The van der Waals surface area contributed by atoms with Gasteiger partial charge in [0.15, 0.2) is 0 Å². The van der Waals surface area contributed by atoms with E-state index in [9.17, 15) is 4.79 Å². The average Bonchev–Trinajstić information content (AvgIpc) is 2.61. The van der Waals surface area contributed by atoms with E-state index in [2.05, 4.69) is 21.8 Å². The summed E-state index contributed by atoms with van der Waals surface area (Å²) in [4.78, 5) is 24.5. The van der Waals surface area contributed by atoms with E-state index in [0.29, 0.717) is 6.54 Å². The number of H-pyrrole nitrogens is 1. The van der Waals surface area contributed by atoms with Gasteiger partial charge in [-0.25, -0.2) is 4.98 Å². The third-order valence-electron chi connectivity index (χ3n) is 4.08. The Morgan fingerprint density at radius 2 is 2.10 bits per heavy atom. The predicted octanol–water partition coefficient (Wildman–Crippen LogP) is 2.71. The van der Waals surface area contributed by atoms with Gasteiger partial charge >= 0.3 is 0 Å². The van der Waals surface area contributed by atoms with Crippen molar-refractivity contribution in [2.75, 3.05) is 13.6 Å². The quantitative estimate of drug-likeness (QED) is 0.885. The lowest BCUT2D eigenvalue weighted by molar-refractivity contribution is 0.336. The smallest absolute Gasteiger partial charge is 0.259 e. The van der Waals surface area contributed by atoms with Gasteiger partial charge in [0, 0.05) is 4.88 Å². The Morgan fingerprint density at radius 3 is 2.90 bits per heavy atom. The van der Waals surface area contributed by atoms with Crippen molar-refractivity contribution in [1.82, 2.24) is 14.9 Å². The molecular formula is C15H21N3OS. The van der Waals surface area contributed by atoms with Gasteiger partial charge in [0.05, 0.1) is 11.9 Å². The van der Waals surface area contributed by atoms with Crippen molar-refractivity contribution in [3.8, 4) is 0 Å². The normalized spacial score (nSPS) is 15.6. The van der Waals surface area contributed by atoms with Gasteiger partial charge < -0.3 is 4.98 Å². The predicted molar refractivity (Wildman–Crippen MR) is 83.5 cm³/mol. The molecule has 0 saturated heterocycles. The molecule has 0 bridgehead atoms. The van der Waals surface area contributed by atoms with E-state index in [1.807, 2.05) is 7.05 Å². The first-order chi connectivity index (χ1) is 9.69. The summed E-state index contributed by atoms with van der Waals surface area (Å²) in [6.45, 7) is 3.75. The molecule has 0 atom stereocenters. The molecule has 0 unspecified atom stereocenters. The van der Waals surface area contributed by atoms with Crippen LogP contribution in [-0.4, -0.2) is 28.5 Å². The second-order valence-electron chi connectivity index (χ2n) is 5.59. The van der Waals surface area contributed by atoms with Gasteiger partial charge in [-0.05, 0) is 44.8 Å². The highest BCUT2D eigenvalue weighted by molar-refractivity contribution is 7.18. The SMILES string of the molecule is CCN(C)Cc1nc2sc3c(c2c(=O)[nH]1)CCCCC3. The van der Waals surface area contributed by atoms with Gasteiger partial charge in [-0.2, -0.15) is 0 Å². The number of fused-ring (bicyclic) bond motifs is 3. The van der Waals surface area contributed by atoms with Crippen LogP contribution in [0.3, 0.4) is 0 Å². The molecular weight excluding hydrogens is 270 g/mol. The molecule has 5 heteroatoms. The van der Waals surface area contributed by atoms with Crippen molar-refractivity contribution < 1.29 is 0 Å². The largest absolute Gasteiger partial charge is 0.309 e. The number of nitrogens with one attached hydrogen (secondary N) is 1. The Labute approximate surface area is 122 Å². The number of nitrogens with zero attached hydrogens (tertiary/aromatic N) is 2. The molecule has 2 aromatic rings. The number of aryl methyl sites for hydroxylation is 2. The Balaban J connectivity index is 2.07. The molecule has 108 valence electrons. The third kappa shape index (κ3) is 2.52. The maximum absolute atomic E-state index is 12.4. The van der Waals surface area contributed by atoms with Crippen LogP contribution in [0.25, 0.3) is 10.2 Å². The fraction of sp³-hybridized carbons (Fsp3) is 0.600. The van der Waals surface area contributed by atoms with E-state index in [1.165, 1.54) is 29.7 Å². The van der Waals surface area contributed by atoms with Crippen molar-refractivity contribution in [3.05, 3.63) is 26.6 Å². The van der Waals surface area contributed by atoms with Crippen LogP contribution in [0.4, 0.5) is 0 Å². The molecule has 4 nitrogen and oxygen atoms in total. The van der Waals surface area contributed by atoms with E-state index in [4.69, 9.17) is 0 Å². The zero-order chi connectivity index (χ0) is 14.1. The number of hydrogen-bond acceptors (Lipinski definition) is 4. The highest BCUT2D eigenvalue weighted by Gasteiger charge is 2.18. The molecule has 20 heavy (non-hydrogen) atoms. The second-order valence-corrected chi connectivity index (χ2v) is 6.67. The minimum Gasteiger partial charge on any atom is -0.309 e. The number of rotatable bonds is 3. The molecule has 1 aliphatic rings. The Hall–Kier alpha value is -1.20. The minimum atomic E-state index is 0.0499. The van der Waals surface area contributed by atoms with E-state index in [0.717, 1.165) is 35.4 Å². The van der Waals surface area contributed by atoms with Crippen LogP contribution >= 0.6 is 11.3 Å². The standard InChI is InChI=1S/C15H21N3OS/c1-3-18(2)9-12-16-14(19)13-10-7-5-4-6-8-11(10)20-15(13)17-12/h3-9H2,1-2H3,(H,16,17,19). The van der Waals surface area contributed by atoms with Crippen LogP contribution < -0.4 is 5.56 Å². The summed E-state index contributed by atoms with van der Waals surface area (Å²) in [5.41, 5.74) is 1.32. The average molecular weight is 291 g/mol. The molecule has 0 radical (unpaired) electrons. The van der Waals surface area contributed by atoms with Gasteiger partial charge in [-0.15, -0.1) is 11.3 Å². The number of aromatic amines is 1. The minimum absolute atomic E-state index is 0.0499. The van der Waals surface area contributed by atoms with Crippen molar-refractivity contribution in [1.29, 1.82) is 0 Å². The molecule has 3 rings (SSSR count). The summed E-state index contributed by atoms with van der Waals surface area (Å²) in [6, 6.07) is 0. The Morgan fingerprint density at radius 1 is 1.30 bits per heavy atom. The van der Waals surface area contributed by atoms with Crippen LogP contribution in [0.2, 0.25) is 0 Å². The molecule has 1 N–H and O–H groups in total. The van der Waals surface area contributed by atoms with Gasteiger partial charge in [-0.3, -0.25) is 9.69 Å². The molecule has 1 aliphatic carbocycles. The highest BCUT2D eigenvalue weighted by Crippen LogP contribution is 2.32. The van der Waals surface area contributed by atoms with Crippen molar-refractivity contribution in [2.24, 2.45) is 0 Å². The first-order valence-electron chi connectivity index (χ1n) is 7.41. The molecule has 0 aromatic carbocycles. The van der Waals surface area contributed by atoms with E-state index in [-0.39, 0.29) is 5.56 Å². The lowest BCUT2D eigenvalue weighted by Crippen LogP contribution is -2.21. The van der Waals surface area contributed by atoms with Gasteiger partial charge in [0.2, 0.25) is 0 Å². The first kappa shape index (κ1) is 13.8. The zero-order valence-corrected chi connectivity index (χ0v) is 13.0. The Bertz CT molecular complexity index is 674. The van der Waals surface area contributed by atoms with E-state index >= 15 is 0 Å². The lowest BCUT2D eigenvalue weighted by atomic mass is 10.1. The summed E-state index contributed by atoms with van der Waals surface area (Å²) < 4.78 is 0. The molecule has 0 spiro atoms. The third-order valence-corrected chi connectivity index (χ3v) is 5.27. The van der Waals surface area contributed by atoms with Gasteiger partial charge in [0.1, 0.15) is 10.7 Å². The monoisotopic (exact) mass is 291 g/mol. The molecule has 0 fully saturated rings. The molecule has 0 aliphatic heterocycles. The first-order valence-corrected chi connectivity index (χ1v) is 8.22. The zero-order valence-electron chi connectivity index (χ0n) is 12.2. The topological polar surface area (TPSA) is 49.0 Å². The second kappa shape index (κ2) is 5.66. The maximum atomic E-state index is 12.4. The lowest BCUT2D eigenvalue weighted by Gasteiger charge is -2.12. The highest BCUT2D eigenvalue weighted by atomic mass is 32.1. The van der Waals surface area contributed by atoms with Crippen LogP contribution in [0, 0.1) is 0 Å². The van der Waals surface area contributed by atoms with Crippen molar-refractivity contribution in [2.45, 2.75) is 45.6 Å². The number of hydrogen-bond donors (Lipinski definition) is 1. The van der Waals surface area contributed by atoms with Gasteiger partial charge in [0.25, 0.3) is 5.56 Å². The summed E-state index contributed by atoms with van der Waals surface area (Å²) >= 11 is 1.73. The molecule has 2 aromatic heterocycles. The Kier molecular flexibility index (Phi) is 3.89. The number of thiophene rings is 1. The van der Waals surface area contributed by atoms with E-state index < -0.39 is 0 Å². The summed E-state index contributed by atoms with van der Waals surface area (Å²) in [7, 11) is 2.04. The summed E-state index contributed by atoms with van der Waals surface area (Å²) in [5, 5.41) is 0.856. The molecule has 0 saturated carbocycles. The fourth-order valence-corrected chi connectivity index (χ4v) is 4.11. The summed E-state index contributed by atoms with van der Waals surface area (Å²) in [5.74, 6) is 0.781. The number of aromatic nitrogens is 2. The van der Waals surface area contributed by atoms with Crippen LogP contribution in [0.15, 0.2) is 4.79 Å². The fourth-order valence-electron chi connectivity index (χ4n) is 2.83. The summed E-state index contributed by atoms with van der Waals surface area (Å²) in [6.07, 6.45) is 5.85. The van der Waals surface area contributed by atoms with Crippen molar-refractivity contribution >= 4 is 21.6 Å². The van der Waals surface area contributed by atoms with Gasteiger partial charge in [-0.1, -0.05) is 13.3 Å². The maximum Gasteiger partial charge on any atom is 0.259 e. The molecule has 0 amide bonds. The van der Waals surface area contributed by atoms with E-state index in [1.54, 1.807) is 11.3 Å². The van der Waals surface area contributed by atoms with Crippen molar-refractivity contribution in [3.63, 3.8) is 0 Å². The van der Waals surface area contributed by atoms with Crippen LogP contribution in [-0.2, 0) is 19.4 Å². The van der Waals surface area contributed by atoms with Crippen LogP contribution in [0.1, 0.15) is 42.5 Å².